The molecule has 1 N–H and O–H groups in total. The predicted molar refractivity (Wildman–Crippen MR) is 90.1 cm³/mol. The Bertz CT molecular complexity index is 773. The summed E-state index contributed by atoms with van der Waals surface area (Å²) in [6, 6.07) is 12.4. The lowest BCUT2D eigenvalue weighted by atomic mass is 9.99. The van der Waals surface area contributed by atoms with Gasteiger partial charge in [-0.1, -0.05) is 30.3 Å². The molecule has 1 atom stereocenters. The lowest BCUT2D eigenvalue weighted by Crippen LogP contribution is -2.44. The molecule has 6 heteroatoms. The monoisotopic (exact) mass is 348 g/mol. The van der Waals surface area contributed by atoms with Crippen LogP contribution in [0.2, 0.25) is 0 Å². The van der Waals surface area contributed by atoms with Crippen LogP contribution in [0.25, 0.3) is 0 Å². The van der Waals surface area contributed by atoms with Crippen molar-refractivity contribution < 1.29 is 18.0 Å². The zero-order valence-corrected chi connectivity index (χ0v) is 13.8. The van der Waals surface area contributed by atoms with Gasteiger partial charge in [-0.15, -0.1) is 0 Å². The standard InChI is InChI=1S/C19H19F3N2O/c1-13(24-10-9-14-5-2-3-6-15(14)12-24)18(25)23-17-8-4-7-16(11-17)19(20,21)22/h2-8,11,13H,9-10,12H2,1H3,(H,23,25)/t13-/m1/s1. The van der Waals surface area contributed by atoms with Gasteiger partial charge < -0.3 is 5.32 Å². The summed E-state index contributed by atoms with van der Waals surface area (Å²) in [6.07, 6.45) is -3.57. The third-order valence-corrected chi connectivity index (χ3v) is 4.54. The Balaban J connectivity index is 1.68. The van der Waals surface area contributed by atoms with E-state index >= 15 is 0 Å². The van der Waals surface area contributed by atoms with Crippen LogP contribution in [0.15, 0.2) is 48.5 Å². The molecule has 0 aromatic heterocycles. The molecule has 0 radical (unpaired) electrons. The molecule has 1 aliphatic heterocycles. The van der Waals surface area contributed by atoms with Gasteiger partial charge in [-0.05, 0) is 42.7 Å². The quantitative estimate of drug-likeness (QED) is 0.906. The van der Waals surface area contributed by atoms with E-state index in [2.05, 4.69) is 11.4 Å². The van der Waals surface area contributed by atoms with Crippen LogP contribution in [-0.2, 0) is 23.9 Å². The van der Waals surface area contributed by atoms with Crippen LogP contribution in [0.1, 0.15) is 23.6 Å². The maximum Gasteiger partial charge on any atom is 0.416 e. The number of carbonyl (C=O) groups is 1. The summed E-state index contributed by atoms with van der Waals surface area (Å²) < 4.78 is 38.3. The highest BCUT2D eigenvalue weighted by Crippen LogP contribution is 2.30. The number of amides is 1. The van der Waals surface area contributed by atoms with Crippen LogP contribution >= 0.6 is 0 Å². The fraction of sp³-hybridized carbons (Fsp3) is 0.316. The fourth-order valence-electron chi connectivity index (χ4n) is 3.03. The van der Waals surface area contributed by atoms with Crippen molar-refractivity contribution in [2.45, 2.75) is 32.1 Å². The molecule has 2 aromatic carbocycles. The number of halogens is 3. The number of carbonyl (C=O) groups excluding carboxylic acids is 1. The van der Waals surface area contributed by atoms with Crippen molar-refractivity contribution in [3.8, 4) is 0 Å². The van der Waals surface area contributed by atoms with Crippen molar-refractivity contribution in [1.29, 1.82) is 0 Å². The summed E-state index contributed by atoms with van der Waals surface area (Å²) in [5.41, 5.74) is 1.85. The largest absolute Gasteiger partial charge is 0.416 e. The van der Waals surface area contributed by atoms with Crippen molar-refractivity contribution in [2.75, 3.05) is 11.9 Å². The van der Waals surface area contributed by atoms with E-state index in [1.165, 1.54) is 23.3 Å². The molecule has 1 aliphatic rings. The second kappa shape index (κ2) is 6.88. The van der Waals surface area contributed by atoms with Crippen molar-refractivity contribution >= 4 is 11.6 Å². The first kappa shape index (κ1) is 17.5. The van der Waals surface area contributed by atoms with Crippen LogP contribution in [0, 0.1) is 0 Å². The van der Waals surface area contributed by atoms with Crippen LogP contribution in [0.3, 0.4) is 0 Å². The Morgan fingerprint density at radius 2 is 1.84 bits per heavy atom. The molecular formula is C19H19F3N2O. The van der Waals surface area contributed by atoms with Crippen molar-refractivity contribution in [3.63, 3.8) is 0 Å². The first-order valence-electron chi connectivity index (χ1n) is 8.13. The zero-order chi connectivity index (χ0) is 18.0. The molecule has 0 aliphatic carbocycles. The number of fused-ring (bicyclic) bond motifs is 1. The summed E-state index contributed by atoms with van der Waals surface area (Å²) in [7, 11) is 0. The summed E-state index contributed by atoms with van der Waals surface area (Å²) in [4.78, 5) is 14.5. The minimum Gasteiger partial charge on any atom is -0.325 e. The van der Waals surface area contributed by atoms with Crippen LogP contribution in [-0.4, -0.2) is 23.4 Å². The number of nitrogens with zero attached hydrogens (tertiary/aromatic N) is 1. The first-order chi connectivity index (χ1) is 11.8. The average Bonchev–Trinajstić information content (AvgIpc) is 2.60. The van der Waals surface area contributed by atoms with Gasteiger partial charge in [0.05, 0.1) is 11.6 Å². The van der Waals surface area contributed by atoms with E-state index in [9.17, 15) is 18.0 Å². The molecule has 3 nitrogen and oxygen atoms in total. The number of benzene rings is 2. The van der Waals surface area contributed by atoms with E-state index in [0.717, 1.165) is 25.1 Å². The summed E-state index contributed by atoms with van der Waals surface area (Å²) >= 11 is 0. The summed E-state index contributed by atoms with van der Waals surface area (Å²) in [6.45, 7) is 3.18. The molecule has 0 unspecified atom stereocenters. The van der Waals surface area contributed by atoms with Gasteiger partial charge in [-0.25, -0.2) is 0 Å². The normalized spacial score (nSPS) is 16.2. The third-order valence-electron chi connectivity index (χ3n) is 4.54. The Hall–Kier alpha value is -2.34. The highest BCUT2D eigenvalue weighted by molar-refractivity contribution is 5.94. The third kappa shape index (κ3) is 4.02. The molecular weight excluding hydrogens is 329 g/mol. The van der Waals surface area contributed by atoms with Crippen LogP contribution in [0.4, 0.5) is 18.9 Å². The second-order valence-electron chi connectivity index (χ2n) is 6.23. The smallest absolute Gasteiger partial charge is 0.325 e. The number of rotatable bonds is 3. The molecule has 0 bridgehead atoms. The van der Waals surface area contributed by atoms with Gasteiger partial charge in [-0.3, -0.25) is 9.69 Å². The number of anilines is 1. The number of hydrogen-bond acceptors (Lipinski definition) is 2. The average molecular weight is 348 g/mol. The molecule has 25 heavy (non-hydrogen) atoms. The summed E-state index contributed by atoms with van der Waals surface area (Å²) in [5.74, 6) is -0.307. The Morgan fingerprint density at radius 3 is 2.56 bits per heavy atom. The molecule has 2 aromatic rings. The van der Waals surface area contributed by atoms with Gasteiger partial charge in [0.25, 0.3) is 0 Å². The van der Waals surface area contributed by atoms with E-state index in [-0.39, 0.29) is 11.6 Å². The van der Waals surface area contributed by atoms with E-state index < -0.39 is 17.8 Å². The minimum atomic E-state index is -4.43. The van der Waals surface area contributed by atoms with E-state index in [4.69, 9.17) is 0 Å². The lowest BCUT2D eigenvalue weighted by Gasteiger charge is -2.32. The van der Waals surface area contributed by atoms with Gasteiger partial charge in [0.15, 0.2) is 0 Å². The SMILES string of the molecule is C[C@H](C(=O)Nc1cccc(C(F)(F)F)c1)N1CCc2ccccc2C1. The number of alkyl halides is 3. The van der Waals surface area contributed by atoms with Crippen molar-refractivity contribution in [3.05, 3.63) is 65.2 Å². The van der Waals surface area contributed by atoms with Crippen LogP contribution in [0.5, 0.6) is 0 Å². The fourth-order valence-corrected chi connectivity index (χ4v) is 3.03. The maximum absolute atomic E-state index is 12.8. The minimum absolute atomic E-state index is 0.157. The van der Waals surface area contributed by atoms with Crippen molar-refractivity contribution in [2.24, 2.45) is 0 Å². The summed E-state index contributed by atoms with van der Waals surface area (Å²) in [5, 5.41) is 2.59. The molecule has 0 saturated carbocycles. The predicted octanol–water partition coefficient (Wildman–Crippen LogP) is 4.09. The number of hydrogen-bond donors (Lipinski definition) is 1. The van der Waals surface area contributed by atoms with E-state index in [1.54, 1.807) is 6.92 Å². The Labute approximate surface area is 144 Å². The lowest BCUT2D eigenvalue weighted by molar-refractivity contribution is -0.137. The van der Waals surface area contributed by atoms with Gasteiger partial charge in [0, 0.05) is 18.8 Å². The molecule has 0 fully saturated rings. The van der Waals surface area contributed by atoms with E-state index in [1.807, 2.05) is 23.1 Å². The molecule has 3 rings (SSSR count). The highest BCUT2D eigenvalue weighted by Gasteiger charge is 2.31. The van der Waals surface area contributed by atoms with Crippen LogP contribution < -0.4 is 5.32 Å². The molecule has 0 spiro atoms. The molecule has 1 amide bonds. The van der Waals surface area contributed by atoms with Gasteiger partial charge in [0.1, 0.15) is 0 Å². The Kier molecular flexibility index (Phi) is 4.81. The molecule has 132 valence electrons. The van der Waals surface area contributed by atoms with Gasteiger partial charge >= 0.3 is 6.18 Å². The van der Waals surface area contributed by atoms with E-state index in [0.29, 0.717) is 6.54 Å². The number of nitrogens with one attached hydrogen (secondary N) is 1. The Morgan fingerprint density at radius 1 is 1.12 bits per heavy atom. The molecule has 1 heterocycles. The van der Waals surface area contributed by atoms with Crippen molar-refractivity contribution in [1.82, 2.24) is 4.90 Å². The van der Waals surface area contributed by atoms with Gasteiger partial charge in [0.2, 0.25) is 5.91 Å². The first-order valence-corrected chi connectivity index (χ1v) is 8.13. The second-order valence-corrected chi connectivity index (χ2v) is 6.23. The molecule has 0 saturated heterocycles. The highest BCUT2D eigenvalue weighted by atomic mass is 19.4. The zero-order valence-electron chi connectivity index (χ0n) is 13.8. The van der Waals surface area contributed by atoms with Gasteiger partial charge in [-0.2, -0.15) is 13.2 Å². The maximum atomic E-state index is 12.8. The topological polar surface area (TPSA) is 32.3 Å².